The molecular formula is C19H23N3O2. The zero-order valence-corrected chi connectivity index (χ0v) is 14.5. The van der Waals surface area contributed by atoms with Gasteiger partial charge >= 0.3 is 5.97 Å². The summed E-state index contributed by atoms with van der Waals surface area (Å²) in [5, 5.41) is 0. The Morgan fingerprint density at radius 2 is 1.79 bits per heavy atom. The number of aryl methyl sites for hydroxylation is 2. The van der Waals surface area contributed by atoms with Crippen molar-refractivity contribution in [3.63, 3.8) is 0 Å². The van der Waals surface area contributed by atoms with E-state index in [1.165, 1.54) is 12.7 Å². The van der Waals surface area contributed by atoms with Crippen LogP contribution < -0.4 is 4.90 Å². The highest BCUT2D eigenvalue weighted by molar-refractivity contribution is 5.72. The van der Waals surface area contributed by atoms with Gasteiger partial charge in [-0.05, 0) is 26.7 Å². The molecule has 0 atom stereocenters. The second kappa shape index (κ2) is 6.99. The fourth-order valence-corrected chi connectivity index (χ4v) is 3.10. The lowest BCUT2D eigenvalue weighted by molar-refractivity contribution is -0.146. The number of aromatic nitrogens is 2. The van der Waals surface area contributed by atoms with E-state index in [4.69, 9.17) is 4.74 Å². The van der Waals surface area contributed by atoms with Gasteiger partial charge in [-0.3, -0.25) is 4.79 Å². The Morgan fingerprint density at radius 3 is 2.42 bits per heavy atom. The summed E-state index contributed by atoms with van der Waals surface area (Å²) in [5.74, 6) is 1.60. The quantitative estimate of drug-likeness (QED) is 0.812. The number of methoxy groups -OCH3 is 1. The second-order valence-electron chi connectivity index (χ2n) is 6.31. The first-order valence-corrected chi connectivity index (χ1v) is 8.32. The number of carbonyl (C=O) groups is 1. The van der Waals surface area contributed by atoms with Crippen LogP contribution >= 0.6 is 0 Å². The fraction of sp³-hybridized carbons (Fsp3) is 0.421. The van der Waals surface area contributed by atoms with Gasteiger partial charge in [0.15, 0.2) is 0 Å². The van der Waals surface area contributed by atoms with E-state index in [1.54, 1.807) is 0 Å². The van der Waals surface area contributed by atoms with Gasteiger partial charge in [0.25, 0.3) is 0 Å². The number of hydrogen-bond acceptors (Lipinski definition) is 5. The maximum Gasteiger partial charge on any atom is 0.308 e. The number of esters is 1. The van der Waals surface area contributed by atoms with Crippen LogP contribution in [-0.2, 0) is 9.53 Å². The molecule has 0 N–H and O–H groups in total. The minimum absolute atomic E-state index is 0.00533. The number of rotatable bonds is 3. The van der Waals surface area contributed by atoms with Crippen molar-refractivity contribution in [2.75, 3.05) is 25.1 Å². The van der Waals surface area contributed by atoms with E-state index in [1.807, 2.05) is 13.0 Å². The van der Waals surface area contributed by atoms with Crippen LogP contribution in [0.2, 0.25) is 0 Å². The molecule has 2 aromatic rings. The number of benzene rings is 1. The molecule has 1 aliphatic rings. The molecule has 0 aliphatic carbocycles. The van der Waals surface area contributed by atoms with Crippen LogP contribution in [0.4, 0.5) is 5.82 Å². The Hall–Kier alpha value is -2.43. The van der Waals surface area contributed by atoms with Crippen molar-refractivity contribution in [3.8, 4) is 11.3 Å². The van der Waals surface area contributed by atoms with Crippen molar-refractivity contribution in [1.29, 1.82) is 0 Å². The van der Waals surface area contributed by atoms with Gasteiger partial charge in [-0.1, -0.05) is 29.8 Å². The van der Waals surface area contributed by atoms with Crippen molar-refractivity contribution >= 4 is 11.8 Å². The van der Waals surface area contributed by atoms with Gasteiger partial charge < -0.3 is 9.64 Å². The Morgan fingerprint density at radius 1 is 1.12 bits per heavy atom. The molecule has 5 nitrogen and oxygen atoms in total. The molecule has 0 bridgehead atoms. The standard InChI is InChI=1S/C19H23N3O2/c1-13-4-6-15(7-5-13)17-12-18(21-14(2)20-17)22-10-8-16(9-11-22)19(23)24-3/h4-7,12,16H,8-11H2,1-3H3. The van der Waals surface area contributed by atoms with Gasteiger partial charge in [-0.25, -0.2) is 9.97 Å². The van der Waals surface area contributed by atoms with Crippen molar-refractivity contribution in [2.45, 2.75) is 26.7 Å². The van der Waals surface area contributed by atoms with E-state index >= 15 is 0 Å². The molecular weight excluding hydrogens is 302 g/mol. The lowest BCUT2D eigenvalue weighted by Gasteiger charge is -2.31. The molecule has 0 radical (unpaired) electrons. The maximum atomic E-state index is 11.7. The number of piperidine rings is 1. The van der Waals surface area contributed by atoms with Crippen molar-refractivity contribution in [1.82, 2.24) is 9.97 Å². The largest absolute Gasteiger partial charge is 0.469 e. The van der Waals surface area contributed by atoms with Gasteiger partial charge in [0.2, 0.25) is 0 Å². The second-order valence-corrected chi connectivity index (χ2v) is 6.31. The van der Waals surface area contributed by atoms with Crippen molar-refractivity contribution < 1.29 is 9.53 Å². The third-order valence-electron chi connectivity index (χ3n) is 4.53. The molecule has 0 amide bonds. The molecule has 2 heterocycles. The minimum atomic E-state index is -0.103. The summed E-state index contributed by atoms with van der Waals surface area (Å²) in [6, 6.07) is 10.4. The lowest BCUT2D eigenvalue weighted by Crippen LogP contribution is -2.37. The molecule has 1 aromatic carbocycles. The number of anilines is 1. The van der Waals surface area contributed by atoms with E-state index in [9.17, 15) is 4.79 Å². The monoisotopic (exact) mass is 325 g/mol. The zero-order valence-electron chi connectivity index (χ0n) is 14.5. The van der Waals surface area contributed by atoms with Crippen LogP contribution in [0.25, 0.3) is 11.3 Å². The molecule has 24 heavy (non-hydrogen) atoms. The van der Waals surface area contributed by atoms with Crippen LogP contribution in [0.1, 0.15) is 24.2 Å². The zero-order chi connectivity index (χ0) is 17.1. The summed E-state index contributed by atoms with van der Waals surface area (Å²) in [4.78, 5) is 23.1. The van der Waals surface area contributed by atoms with Gasteiger partial charge in [0.05, 0.1) is 18.7 Å². The summed E-state index contributed by atoms with van der Waals surface area (Å²) in [6.45, 7) is 5.61. The average Bonchev–Trinajstić information content (AvgIpc) is 2.61. The summed E-state index contributed by atoms with van der Waals surface area (Å²) in [7, 11) is 1.45. The Bertz CT molecular complexity index is 720. The van der Waals surface area contributed by atoms with Crippen molar-refractivity contribution in [2.24, 2.45) is 5.92 Å². The summed E-state index contributed by atoms with van der Waals surface area (Å²) >= 11 is 0. The highest BCUT2D eigenvalue weighted by atomic mass is 16.5. The van der Waals surface area contributed by atoms with Crippen LogP contribution in [0.15, 0.2) is 30.3 Å². The van der Waals surface area contributed by atoms with E-state index in [0.29, 0.717) is 0 Å². The SMILES string of the molecule is COC(=O)C1CCN(c2cc(-c3ccc(C)cc3)nc(C)n2)CC1. The molecule has 0 unspecified atom stereocenters. The third-order valence-corrected chi connectivity index (χ3v) is 4.53. The first-order valence-electron chi connectivity index (χ1n) is 8.32. The topological polar surface area (TPSA) is 55.3 Å². The summed E-state index contributed by atoms with van der Waals surface area (Å²) in [6.07, 6.45) is 1.60. The van der Waals surface area contributed by atoms with Gasteiger partial charge in [0, 0.05) is 24.7 Å². The van der Waals surface area contributed by atoms with Crippen LogP contribution in [0.3, 0.4) is 0 Å². The summed E-state index contributed by atoms with van der Waals surface area (Å²) < 4.78 is 4.85. The number of carbonyl (C=O) groups excluding carboxylic acids is 1. The number of hydrogen-bond donors (Lipinski definition) is 0. The van der Waals surface area contributed by atoms with Crippen molar-refractivity contribution in [3.05, 3.63) is 41.7 Å². The van der Waals surface area contributed by atoms with Crippen LogP contribution in [0, 0.1) is 19.8 Å². The molecule has 0 spiro atoms. The van der Waals surface area contributed by atoms with Gasteiger partial charge in [0.1, 0.15) is 11.6 Å². The van der Waals surface area contributed by atoms with Crippen LogP contribution in [-0.4, -0.2) is 36.1 Å². The summed E-state index contributed by atoms with van der Waals surface area (Å²) in [5.41, 5.74) is 3.26. The molecule has 3 rings (SSSR count). The number of nitrogens with zero attached hydrogens (tertiary/aromatic N) is 3. The molecule has 1 aliphatic heterocycles. The molecule has 1 aromatic heterocycles. The normalized spacial score (nSPS) is 15.4. The average molecular weight is 325 g/mol. The van der Waals surface area contributed by atoms with Crippen LogP contribution in [0.5, 0.6) is 0 Å². The molecule has 126 valence electrons. The Kier molecular flexibility index (Phi) is 4.79. The smallest absolute Gasteiger partial charge is 0.308 e. The predicted octanol–water partition coefficient (Wildman–Crippen LogP) is 3.15. The maximum absolute atomic E-state index is 11.7. The number of ether oxygens (including phenoxy) is 1. The third kappa shape index (κ3) is 3.55. The van der Waals surface area contributed by atoms with E-state index in [-0.39, 0.29) is 11.9 Å². The Labute approximate surface area is 142 Å². The first kappa shape index (κ1) is 16.4. The predicted molar refractivity (Wildman–Crippen MR) is 93.9 cm³/mol. The van der Waals surface area contributed by atoms with Gasteiger partial charge in [-0.2, -0.15) is 0 Å². The molecule has 1 fully saturated rings. The highest BCUT2D eigenvalue weighted by Gasteiger charge is 2.26. The van der Waals surface area contributed by atoms with E-state index < -0.39 is 0 Å². The minimum Gasteiger partial charge on any atom is -0.469 e. The highest BCUT2D eigenvalue weighted by Crippen LogP contribution is 2.26. The van der Waals surface area contributed by atoms with E-state index in [2.05, 4.69) is 46.1 Å². The first-order chi connectivity index (χ1) is 11.6. The molecule has 5 heteroatoms. The van der Waals surface area contributed by atoms with E-state index in [0.717, 1.165) is 48.8 Å². The fourth-order valence-electron chi connectivity index (χ4n) is 3.10. The van der Waals surface area contributed by atoms with Gasteiger partial charge in [-0.15, -0.1) is 0 Å². The Balaban J connectivity index is 1.80. The molecule has 1 saturated heterocycles. The molecule has 0 saturated carbocycles. The lowest BCUT2D eigenvalue weighted by atomic mass is 9.97.